The highest BCUT2D eigenvalue weighted by molar-refractivity contribution is 5.94. The van der Waals surface area contributed by atoms with Gasteiger partial charge >= 0.3 is 0 Å². The first-order valence-corrected chi connectivity index (χ1v) is 12.1. The lowest BCUT2D eigenvalue weighted by Crippen LogP contribution is -2.49. The van der Waals surface area contributed by atoms with Crippen molar-refractivity contribution >= 4 is 5.91 Å². The molecule has 34 heavy (non-hydrogen) atoms. The van der Waals surface area contributed by atoms with Gasteiger partial charge in [-0.3, -0.25) is 9.69 Å². The van der Waals surface area contributed by atoms with Crippen LogP contribution in [0.4, 0.5) is 0 Å². The van der Waals surface area contributed by atoms with Gasteiger partial charge in [0.1, 0.15) is 5.75 Å². The van der Waals surface area contributed by atoms with Crippen molar-refractivity contribution in [1.29, 1.82) is 0 Å². The lowest BCUT2D eigenvalue weighted by molar-refractivity contribution is 0.0597. The Morgan fingerprint density at radius 2 is 1.50 bits per heavy atom. The molecule has 3 aromatic carbocycles. The first kappa shape index (κ1) is 24.0. The van der Waals surface area contributed by atoms with Gasteiger partial charge in [-0.2, -0.15) is 0 Å². The normalized spacial score (nSPS) is 14.4. The second-order valence-corrected chi connectivity index (χ2v) is 8.63. The van der Waals surface area contributed by atoms with Crippen LogP contribution >= 0.6 is 0 Å². The van der Waals surface area contributed by atoms with Gasteiger partial charge in [0.05, 0.1) is 19.8 Å². The van der Waals surface area contributed by atoms with E-state index >= 15 is 0 Å². The molecule has 0 N–H and O–H groups in total. The van der Waals surface area contributed by atoms with Crippen LogP contribution in [0, 0.1) is 0 Å². The van der Waals surface area contributed by atoms with Crippen molar-refractivity contribution < 1.29 is 14.3 Å². The van der Waals surface area contributed by atoms with Crippen LogP contribution in [0.5, 0.6) is 5.75 Å². The standard InChI is InChI=1S/C29H34N2O3/c1-3-20-34-22-26-21-25(14-15-27(26)33-2)29(32)31-18-16-30(17-19-31)28(23-10-6-4-7-11-23)24-12-8-5-9-13-24/h4-15,21,28H,3,16-20,22H2,1-2H3. The first-order chi connectivity index (χ1) is 16.7. The van der Waals surface area contributed by atoms with Crippen LogP contribution in [0.15, 0.2) is 78.9 Å². The van der Waals surface area contributed by atoms with Crippen LogP contribution in [0.25, 0.3) is 0 Å². The number of hydrogen-bond acceptors (Lipinski definition) is 4. The quantitative estimate of drug-likeness (QED) is 0.415. The average Bonchev–Trinajstić information content (AvgIpc) is 2.90. The van der Waals surface area contributed by atoms with Crippen molar-refractivity contribution in [2.24, 2.45) is 0 Å². The van der Waals surface area contributed by atoms with Crippen LogP contribution in [0.1, 0.15) is 46.4 Å². The smallest absolute Gasteiger partial charge is 0.253 e. The fraction of sp³-hybridized carbons (Fsp3) is 0.345. The highest BCUT2D eigenvalue weighted by atomic mass is 16.5. The molecule has 5 nitrogen and oxygen atoms in total. The maximum atomic E-state index is 13.3. The second kappa shape index (κ2) is 11.8. The van der Waals surface area contributed by atoms with Crippen molar-refractivity contribution in [3.05, 3.63) is 101 Å². The number of amides is 1. The Kier molecular flexibility index (Phi) is 8.34. The minimum absolute atomic E-state index is 0.0648. The highest BCUT2D eigenvalue weighted by Crippen LogP contribution is 2.30. The molecule has 3 aromatic rings. The molecule has 0 saturated carbocycles. The van der Waals surface area contributed by atoms with E-state index in [2.05, 4.69) is 72.5 Å². The molecule has 1 fully saturated rings. The number of carbonyl (C=O) groups is 1. The Morgan fingerprint density at radius 1 is 0.882 bits per heavy atom. The number of carbonyl (C=O) groups excluding carboxylic acids is 1. The van der Waals surface area contributed by atoms with Crippen molar-refractivity contribution in [2.75, 3.05) is 39.9 Å². The topological polar surface area (TPSA) is 42.0 Å². The van der Waals surface area contributed by atoms with Crippen LogP contribution in [-0.2, 0) is 11.3 Å². The number of nitrogens with zero attached hydrogens (tertiary/aromatic N) is 2. The van der Waals surface area contributed by atoms with Gasteiger partial charge in [-0.05, 0) is 35.7 Å². The molecule has 0 aromatic heterocycles. The third-order valence-corrected chi connectivity index (χ3v) is 6.33. The van der Waals surface area contributed by atoms with E-state index in [0.717, 1.165) is 30.8 Å². The highest BCUT2D eigenvalue weighted by Gasteiger charge is 2.28. The van der Waals surface area contributed by atoms with Gasteiger partial charge < -0.3 is 14.4 Å². The Hall–Kier alpha value is -3.15. The minimum Gasteiger partial charge on any atom is -0.496 e. The summed E-state index contributed by atoms with van der Waals surface area (Å²) in [4.78, 5) is 17.8. The molecule has 0 radical (unpaired) electrons. The third kappa shape index (κ3) is 5.66. The van der Waals surface area contributed by atoms with Gasteiger partial charge in [0.25, 0.3) is 5.91 Å². The fourth-order valence-electron chi connectivity index (χ4n) is 4.60. The summed E-state index contributed by atoms with van der Waals surface area (Å²) in [6, 6.07) is 27.1. The van der Waals surface area contributed by atoms with Crippen molar-refractivity contribution in [1.82, 2.24) is 9.80 Å². The van der Waals surface area contributed by atoms with Crippen LogP contribution in [0.2, 0.25) is 0 Å². The summed E-state index contributed by atoms with van der Waals surface area (Å²) in [7, 11) is 1.65. The van der Waals surface area contributed by atoms with Crippen LogP contribution in [-0.4, -0.2) is 55.6 Å². The Balaban J connectivity index is 1.46. The number of ether oxygens (including phenoxy) is 2. The molecule has 0 atom stereocenters. The van der Waals surface area contributed by atoms with Crippen molar-refractivity contribution in [3.63, 3.8) is 0 Å². The predicted octanol–water partition coefficient (Wildman–Crippen LogP) is 5.17. The molecule has 0 spiro atoms. The van der Waals surface area contributed by atoms with Gasteiger partial charge in [0.2, 0.25) is 0 Å². The number of hydrogen-bond donors (Lipinski definition) is 0. The molecule has 0 aliphatic carbocycles. The van der Waals surface area contributed by atoms with E-state index in [1.165, 1.54) is 11.1 Å². The second-order valence-electron chi connectivity index (χ2n) is 8.63. The zero-order valence-electron chi connectivity index (χ0n) is 20.2. The molecule has 1 heterocycles. The number of benzene rings is 3. The molecule has 5 heteroatoms. The molecule has 4 rings (SSSR count). The Bertz CT molecular complexity index is 1010. The molecule has 0 unspecified atom stereocenters. The summed E-state index contributed by atoms with van der Waals surface area (Å²) < 4.78 is 11.2. The van der Waals surface area contributed by atoms with E-state index in [9.17, 15) is 4.79 Å². The monoisotopic (exact) mass is 458 g/mol. The van der Waals surface area contributed by atoms with Gasteiger partial charge in [-0.1, -0.05) is 67.6 Å². The molecule has 1 aliphatic rings. The van der Waals surface area contributed by atoms with Crippen LogP contribution in [0.3, 0.4) is 0 Å². The number of piperazine rings is 1. The molecule has 1 amide bonds. The molecule has 1 saturated heterocycles. The zero-order chi connectivity index (χ0) is 23.8. The summed E-state index contributed by atoms with van der Waals surface area (Å²) in [6.07, 6.45) is 0.957. The van der Waals surface area contributed by atoms with E-state index in [4.69, 9.17) is 9.47 Å². The van der Waals surface area contributed by atoms with Gasteiger partial charge in [-0.25, -0.2) is 0 Å². The Morgan fingerprint density at radius 3 is 2.06 bits per heavy atom. The first-order valence-electron chi connectivity index (χ1n) is 12.1. The maximum absolute atomic E-state index is 13.3. The van der Waals surface area contributed by atoms with E-state index in [1.807, 2.05) is 23.1 Å². The van der Waals surface area contributed by atoms with Gasteiger partial charge in [0.15, 0.2) is 0 Å². The van der Waals surface area contributed by atoms with Crippen LogP contribution < -0.4 is 4.74 Å². The molecule has 1 aliphatic heterocycles. The zero-order valence-corrected chi connectivity index (χ0v) is 20.2. The molecular weight excluding hydrogens is 424 g/mol. The summed E-state index contributed by atoms with van der Waals surface area (Å²) in [5, 5.41) is 0. The summed E-state index contributed by atoms with van der Waals surface area (Å²) in [5.41, 5.74) is 4.15. The largest absolute Gasteiger partial charge is 0.496 e. The van der Waals surface area contributed by atoms with E-state index < -0.39 is 0 Å². The van der Waals surface area contributed by atoms with E-state index in [1.54, 1.807) is 7.11 Å². The molecule has 178 valence electrons. The van der Waals surface area contributed by atoms with Gasteiger partial charge in [0, 0.05) is 43.9 Å². The van der Waals surface area contributed by atoms with Gasteiger partial charge in [-0.15, -0.1) is 0 Å². The number of methoxy groups -OCH3 is 1. The number of rotatable bonds is 9. The summed E-state index contributed by atoms with van der Waals surface area (Å²) >= 11 is 0. The maximum Gasteiger partial charge on any atom is 0.253 e. The third-order valence-electron chi connectivity index (χ3n) is 6.33. The average molecular weight is 459 g/mol. The predicted molar refractivity (Wildman–Crippen MR) is 135 cm³/mol. The molecular formula is C29H34N2O3. The lowest BCUT2D eigenvalue weighted by atomic mass is 9.96. The summed E-state index contributed by atoms with van der Waals surface area (Å²) in [6.45, 7) is 6.25. The summed E-state index contributed by atoms with van der Waals surface area (Å²) in [5.74, 6) is 0.820. The molecule has 0 bridgehead atoms. The van der Waals surface area contributed by atoms with Crippen molar-refractivity contribution in [3.8, 4) is 5.75 Å². The van der Waals surface area contributed by atoms with E-state index in [0.29, 0.717) is 31.9 Å². The SMILES string of the molecule is CCCOCc1cc(C(=O)N2CCN(C(c3ccccc3)c3ccccc3)CC2)ccc1OC. The Labute approximate surface area is 202 Å². The lowest BCUT2D eigenvalue weighted by Gasteiger charge is -2.40. The fourth-order valence-corrected chi connectivity index (χ4v) is 4.60. The van der Waals surface area contributed by atoms with E-state index in [-0.39, 0.29) is 11.9 Å². The minimum atomic E-state index is 0.0648. The van der Waals surface area contributed by atoms with Crippen molar-refractivity contribution in [2.45, 2.75) is 26.0 Å².